The number of aromatic nitrogens is 3. The molecular formula is C25H30ClN5O3S. The summed E-state index contributed by atoms with van der Waals surface area (Å²) in [6.45, 7) is 4.02. The van der Waals surface area contributed by atoms with Crippen LogP contribution in [0.25, 0.3) is 0 Å². The molecule has 0 amide bonds. The maximum Gasteiger partial charge on any atom is 0.227 e. The minimum absolute atomic E-state index is 0. The number of ketones is 1. The molecule has 0 saturated carbocycles. The lowest BCUT2D eigenvalue weighted by molar-refractivity contribution is 0.0987. The van der Waals surface area contributed by atoms with Crippen molar-refractivity contribution in [1.29, 1.82) is 0 Å². The Hall–Kier alpha value is -2.88. The highest BCUT2D eigenvalue weighted by Gasteiger charge is 2.16. The average molecular weight is 516 g/mol. The second-order valence-electron chi connectivity index (χ2n) is 8.10. The predicted octanol–water partition coefficient (Wildman–Crippen LogP) is 5.03. The first kappa shape index (κ1) is 26.7. The summed E-state index contributed by atoms with van der Waals surface area (Å²) in [5, 5.41) is 6.98. The van der Waals surface area contributed by atoms with E-state index in [0.717, 1.165) is 30.9 Å². The van der Waals surface area contributed by atoms with E-state index in [4.69, 9.17) is 21.1 Å². The minimum atomic E-state index is 0. The number of carbonyl (C=O) groups excluding carboxylic acids is 1. The Morgan fingerprint density at radius 2 is 2.00 bits per heavy atom. The van der Waals surface area contributed by atoms with Crippen LogP contribution in [0.4, 0.5) is 11.6 Å². The highest BCUT2D eigenvalue weighted by molar-refractivity contribution is 7.59. The van der Waals surface area contributed by atoms with Gasteiger partial charge in [-0.1, -0.05) is 18.5 Å². The molecule has 0 bridgehead atoms. The van der Waals surface area contributed by atoms with Crippen LogP contribution in [0.5, 0.6) is 11.5 Å². The number of Topliss-reactive ketones (excluding diaryl/α,β-unsaturated/α-hetero) is 1. The van der Waals surface area contributed by atoms with E-state index in [0.29, 0.717) is 45.9 Å². The maximum atomic E-state index is 12.1. The number of hydrogen-bond donors (Lipinski definition) is 2. The predicted molar refractivity (Wildman–Crippen MR) is 142 cm³/mol. The van der Waals surface area contributed by atoms with Gasteiger partial charge in [0.05, 0.1) is 36.4 Å². The van der Waals surface area contributed by atoms with Crippen LogP contribution in [0.2, 0.25) is 5.02 Å². The fraction of sp³-hybridized carbons (Fsp3) is 0.360. The third-order valence-electron chi connectivity index (χ3n) is 5.76. The molecule has 186 valence electrons. The zero-order valence-corrected chi connectivity index (χ0v) is 21.6. The van der Waals surface area contributed by atoms with Gasteiger partial charge in [0, 0.05) is 35.7 Å². The van der Waals surface area contributed by atoms with Gasteiger partial charge in [0.25, 0.3) is 0 Å². The van der Waals surface area contributed by atoms with Crippen molar-refractivity contribution < 1.29 is 14.3 Å². The van der Waals surface area contributed by atoms with Gasteiger partial charge in [0.1, 0.15) is 12.4 Å². The van der Waals surface area contributed by atoms with E-state index in [-0.39, 0.29) is 25.9 Å². The molecule has 1 aliphatic heterocycles. The first-order valence-electron chi connectivity index (χ1n) is 11.4. The summed E-state index contributed by atoms with van der Waals surface area (Å²) < 4.78 is 11.1. The first-order valence-corrected chi connectivity index (χ1v) is 11.7. The van der Waals surface area contributed by atoms with E-state index in [1.807, 2.05) is 19.1 Å². The molecule has 10 heteroatoms. The van der Waals surface area contributed by atoms with Crippen LogP contribution in [-0.4, -0.2) is 40.9 Å². The number of ether oxygens (including phenoxy) is 2. The summed E-state index contributed by atoms with van der Waals surface area (Å²) in [6.07, 6.45) is 7.69. The molecule has 0 unspecified atom stereocenters. The van der Waals surface area contributed by atoms with Crippen LogP contribution in [0, 0.1) is 0 Å². The number of benzene rings is 1. The van der Waals surface area contributed by atoms with E-state index < -0.39 is 0 Å². The molecule has 0 spiro atoms. The van der Waals surface area contributed by atoms with Crippen LogP contribution in [0.3, 0.4) is 0 Å². The number of pyridine rings is 1. The molecule has 1 saturated heterocycles. The Morgan fingerprint density at radius 3 is 2.63 bits per heavy atom. The number of rotatable bonds is 9. The fourth-order valence-corrected chi connectivity index (χ4v) is 4.09. The fourth-order valence-electron chi connectivity index (χ4n) is 3.84. The van der Waals surface area contributed by atoms with Crippen molar-refractivity contribution in [2.45, 2.75) is 38.7 Å². The number of nitrogens with zero attached hydrogens (tertiary/aromatic N) is 3. The molecule has 0 radical (unpaired) electrons. The first-order chi connectivity index (χ1) is 16.6. The zero-order valence-electron chi connectivity index (χ0n) is 19.8. The van der Waals surface area contributed by atoms with Gasteiger partial charge in [-0.25, -0.2) is 9.97 Å². The van der Waals surface area contributed by atoms with Crippen LogP contribution in [-0.2, 0) is 6.61 Å². The van der Waals surface area contributed by atoms with Gasteiger partial charge in [-0.05, 0) is 43.7 Å². The topological polar surface area (TPSA) is 98.3 Å². The number of methoxy groups -OCH3 is 1. The molecule has 1 atom stereocenters. The lowest BCUT2D eigenvalue weighted by atomic mass is 9.96. The Balaban J connectivity index is 0.00000342. The van der Waals surface area contributed by atoms with E-state index in [2.05, 4.69) is 25.6 Å². The number of carbonyl (C=O) groups is 1. The molecule has 1 aliphatic rings. The quantitative estimate of drug-likeness (QED) is 0.383. The SMILES string of the molecule is CCC(=O)c1cc(COc2cnc(Nc3ccc([C@H]4CCCNC4)nc3)nc2)c(Cl)c(OC)c1.S. The largest absolute Gasteiger partial charge is 0.495 e. The van der Waals surface area contributed by atoms with Crippen molar-refractivity contribution in [1.82, 2.24) is 20.3 Å². The van der Waals surface area contributed by atoms with Crippen molar-refractivity contribution in [3.63, 3.8) is 0 Å². The molecule has 0 aliphatic carbocycles. The lowest BCUT2D eigenvalue weighted by Gasteiger charge is -2.22. The van der Waals surface area contributed by atoms with Gasteiger partial charge in [-0.3, -0.25) is 9.78 Å². The van der Waals surface area contributed by atoms with Gasteiger partial charge in [0.2, 0.25) is 5.95 Å². The number of anilines is 2. The molecule has 35 heavy (non-hydrogen) atoms. The molecule has 1 fully saturated rings. The summed E-state index contributed by atoms with van der Waals surface area (Å²) in [4.78, 5) is 25.4. The van der Waals surface area contributed by atoms with Crippen LogP contribution in [0.1, 0.15) is 53.7 Å². The van der Waals surface area contributed by atoms with Gasteiger partial charge in [0.15, 0.2) is 11.5 Å². The van der Waals surface area contributed by atoms with Gasteiger partial charge in [-0.2, -0.15) is 13.5 Å². The van der Waals surface area contributed by atoms with Gasteiger partial charge in [-0.15, -0.1) is 0 Å². The van der Waals surface area contributed by atoms with Gasteiger partial charge >= 0.3 is 0 Å². The van der Waals surface area contributed by atoms with E-state index >= 15 is 0 Å². The molecule has 2 N–H and O–H groups in total. The average Bonchev–Trinajstić information content (AvgIpc) is 2.89. The molecule has 3 aromatic rings. The summed E-state index contributed by atoms with van der Waals surface area (Å²) in [5.74, 6) is 1.83. The maximum absolute atomic E-state index is 12.1. The Morgan fingerprint density at radius 1 is 1.20 bits per heavy atom. The molecule has 1 aromatic carbocycles. The van der Waals surface area contributed by atoms with E-state index in [9.17, 15) is 4.79 Å². The third kappa shape index (κ3) is 6.84. The van der Waals surface area contributed by atoms with Crippen LogP contribution < -0.4 is 20.1 Å². The number of nitrogens with one attached hydrogen (secondary N) is 2. The van der Waals surface area contributed by atoms with Crippen molar-refractivity contribution in [2.75, 3.05) is 25.5 Å². The molecule has 2 aromatic heterocycles. The zero-order chi connectivity index (χ0) is 23.9. The van der Waals surface area contributed by atoms with Crippen molar-refractivity contribution in [2.24, 2.45) is 0 Å². The molecular weight excluding hydrogens is 486 g/mol. The lowest BCUT2D eigenvalue weighted by Crippen LogP contribution is -2.28. The minimum Gasteiger partial charge on any atom is -0.495 e. The smallest absolute Gasteiger partial charge is 0.227 e. The molecule has 8 nitrogen and oxygen atoms in total. The number of halogens is 1. The van der Waals surface area contributed by atoms with Crippen LogP contribution in [0.15, 0.2) is 42.9 Å². The third-order valence-corrected chi connectivity index (χ3v) is 6.19. The van der Waals surface area contributed by atoms with Crippen molar-refractivity contribution in [3.8, 4) is 11.5 Å². The standard InChI is InChI=1S/C25H28ClN5O3.H2S/c1-3-22(32)17-9-18(24(26)23(10-17)33-2)15-34-20-13-29-25(30-14-20)31-19-6-7-21(28-12-19)16-5-4-8-27-11-16;/h6-7,9-10,12-14,16,27H,3-5,8,11,15H2,1-2H3,(H,29,30,31);1H2/t16-;/m0./s1. The summed E-state index contributed by atoms with van der Waals surface area (Å²) >= 11 is 6.40. The Bertz CT molecular complexity index is 1120. The second kappa shape index (κ2) is 12.7. The second-order valence-corrected chi connectivity index (χ2v) is 8.48. The Labute approximate surface area is 217 Å². The van der Waals surface area contributed by atoms with Crippen molar-refractivity contribution >= 4 is 42.5 Å². The van der Waals surface area contributed by atoms with Crippen molar-refractivity contribution in [3.05, 3.63) is 64.7 Å². The monoisotopic (exact) mass is 515 g/mol. The van der Waals surface area contributed by atoms with E-state index in [1.54, 1.807) is 30.7 Å². The Kier molecular flexibility index (Phi) is 9.71. The molecule has 4 rings (SSSR count). The van der Waals surface area contributed by atoms with Gasteiger partial charge < -0.3 is 20.1 Å². The van der Waals surface area contributed by atoms with E-state index in [1.165, 1.54) is 13.5 Å². The number of piperidine rings is 1. The molecule has 3 heterocycles. The van der Waals surface area contributed by atoms with Crippen LogP contribution >= 0.6 is 25.1 Å². The number of hydrogen-bond acceptors (Lipinski definition) is 8. The highest BCUT2D eigenvalue weighted by Crippen LogP contribution is 2.31. The summed E-state index contributed by atoms with van der Waals surface area (Å²) in [5.41, 5.74) is 3.11. The highest BCUT2D eigenvalue weighted by atomic mass is 35.5. The normalized spacial score (nSPS) is 15.1. The summed E-state index contributed by atoms with van der Waals surface area (Å²) in [7, 11) is 1.52. The summed E-state index contributed by atoms with van der Waals surface area (Å²) in [6, 6.07) is 7.42.